The van der Waals surface area contributed by atoms with E-state index >= 15 is 0 Å². The summed E-state index contributed by atoms with van der Waals surface area (Å²) in [5.41, 5.74) is 4.11. The number of fused-ring (bicyclic) bond motifs is 1. The summed E-state index contributed by atoms with van der Waals surface area (Å²) >= 11 is 2.88. The van der Waals surface area contributed by atoms with Crippen molar-refractivity contribution < 1.29 is 4.79 Å². The first kappa shape index (κ1) is 22.2. The van der Waals surface area contributed by atoms with Crippen molar-refractivity contribution in [3.05, 3.63) is 88.2 Å². The van der Waals surface area contributed by atoms with Gasteiger partial charge in [-0.3, -0.25) is 14.2 Å². The van der Waals surface area contributed by atoms with Crippen LogP contribution in [0.5, 0.6) is 0 Å². The number of anilines is 1. The molecule has 5 nitrogen and oxygen atoms in total. The Bertz CT molecular complexity index is 1370. The van der Waals surface area contributed by atoms with E-state index < -0.39 is 0 Å². The number of aromatic nitrogens is 2. The van der Waals surface area contributed by atoms with Gasteiger partial charge in [-0.2, -0.15) is 0 Å². The zero-order chi connectivity index (χ0) is 22.7. The fourth-order valence-electron chi connectivity index (χ4n) is 3.43. The van der Waals surface area contributed by atoms with Gasteiger partial charge in [-0.25, -0.2) is 4.98 Å². The van der Waals surface area contributed by atoms with Gasteiger partial charge in [0.15, 0.2) is 5.16 Å². The van der Waals surface area contributed by atoms with E-state index in [9.17, 15) is 9.59 Å². The Labute approximate surface area is 195 Å². The Morgan fingerprint density at radius 1 is 1.03 bits per heavy atom. The van der Waals surface area contributed by atoms with Gasteiger partial charge in [0.2, 0.25) is 5.91 Å². The van der Waals surface area contributed by atoms with E-state index in [-0.39, 0.29) is 17.2 Å². The van der Waals surface area contributed by atoms with Crippen molar-refractivity contribution >= 4 is 46.0 Å². The van der Waals surface area contributed by atoms with Crippen LogP contribution in [0.1, 0.15) is 11.1 Å². The SMILES string of the molecule is CSc1cccc(NC(=O)CSc2nc3ccccc3c(=O)n2-c2cccc(C)c2C)c1. The number of nitrogens with zero attached hydrogens (tertiary/aromatic N) is 2. The molecule has 0 aliphatic heterocycles. The Hall–Kier alpha value is -3.03. The lowest BCUT2D eigenvalue weighted by molar-refractivity contribution is -0.113. The van der Waals surface area contributed by atoms with E-state index in [1.807, 2.05) is 80.8 Å². The molecule has 4 aromatic rings. The van der Waals surface area contributed by atoms with Crippen LogP contribution in [0.15, 0.2) is 81.6 Å². The van der Waals surface area contributed by atoms with Crippen LogP contribution >= 0.6 is 23.5 Å². The molecule has 1 aromatic heterocycles. The summed E-state index contributed by atoms with van der Waals surface area (Å²) < 4.78 is 1.62. The molecule has 1 N–H and O–H groups in total. The predicted octanol–water partition coefficient (Wildman–Crippen LogP) is 5.46. The zero-order valence-electron chi connectivity index (χ0n) is 18.1. The highest BCUT2D eigenvalue weighted by atomic mass is 32.2. The number of carbonyl (C=O) groups excluding carboxylic acids is 1. The summed E-state index contributed by atoms with van der Waals surface area (Å²) in [6.45, 7) is 4.01. The first-order chi connectivity index (χ1) is 15.5. The number of thioether (sulfide) groups is 2. The lowest BCUT2D eigenvalue weighted by Gasteiger charge is -2.16. The summed E-state index contributed by atoms with van der Waals surface area (Å²) in [4.78, 5) is 31.9. The molecule has 0 atom stereocenters. The second kappa shape index (κ2) is 9.63. The van der Waals surface area contributed by atoms with Crippen LogP contribution in [0.4, 0.5) is 5.69 Å². The van der Waals surface area contributed by atoms with Gasteiger partial charge < -0.3 is 5.32 Å². The maximum Gasteiger partial charge on any atom is 0.266 e. The predicted molar refractivity (Wildman–Crippen MR) is 134 cm³/mol. The molecule has 1 amide bonds. The summed E-state index contributed by atoms with van der Waals surface area (Å²) in [5.74, 6) is -0.0118. The van der Waals surface area contributed by atoms with Crippen LogP contribution in [0, 0.1) is 13.8 Å². The third kappa shape index (κ3) is 4.59. The third-order valence-electron chi connectivity index (χ3n) is 5.25. The normalized spacial score (nSPS) is 11.0. The molecule has 0 spiro atoms. The number of hydrogen-bond donors (Lipinski definition) is 1. The highest BCUT2D eigenvalue weighted by Crippen LogP contribution is 2.25. The molecule has 4 rings (SSSR count). The molecule has 0 saturated heterocycles. The number of rotatable bonds is 6. The molecule has 32 heavy (non-hydrogen) atoms. The van der Waals surface area contributed by atoms with Crippen molar-refractivity contribution in [2.75, 3.05) is 17.3 Å². The Balaban J connectivity index is 1.69. The highest BCUT2D eigenvalue weighted by Gasteiger charge is 2.16. The number of hydrogen-bond acceptors (Lipinski definition) is 5. The van der Waals surface area contributed by atoms with Crippen molar-refractivity contribution in [1.29, 1.82) is 0 Å². The van der Waals surface area contributed by atoms with Crippen molar-refractivity contribution in [1.82, 2.24) is 9.55 Å². The quantitative estimate of drug-likeness (QED) is 0.305. The first-order valence-corrected chi connectivity index (χ1v) is 12.3. The highest BCUT2D eigenvalue weighted by molar-refractivity contribution is 7.99. The Morgan fingerprint density at radius 3 is 2.62 bits per heavy atom. The van der Waals surface area contributed by atoms with Crippen molar-refractivity contribution in [2.45, 2.75) is 23.9 Å². The van der Waals surface area contributed by atoms with Gasteiger partial charge >= 0.3 is 0 Å². The van der Waals surface area contributed by atoms with Crippen LogP contribution in [-0.4, -0.2) is 27.5 Å². The average Bonchev–Trinajstić information content (AvgIpc) is 2.80. The molecule has 1 heterocycles. The monoisotopic (exact) mass is 461 g/mol. The maximum atomic E-state index is 13.4. The van der Waals surface area contributed by atoms with Gasteiger partial charge in [-0.1, -0.05) is 42.1 Å². The van der Waals surface area contributed by atoms with Crippen molar-refractivity contribution in [3.8, 4) is 5.69 Å². The van der Waals surface area contributed by atoms with E-state index in [0.717, 1.165) is 27.4 Å². The minimum atomic E-state index is -0.150. The molecule has 0 radical (unpaired) electrons. The zero-order valence-corrected chi connectivity index (χ0v) is 19.7. The topological polar surface area (TPSA) is 64.0 Å². The van der Waals surface area contributed by atoms with Crippen molar-refractivity contribution in [3.63, 3.8) is 0 Å². The lowest BCUT2D eigenvalue weighted by atomic mass is 10.1. The molecule has 162 valence electrons. The van der Waals surface area contributed by atoms with Crippen LogP contribution in [0.3, 0.4) is 0 Å². The molecular weight excluding hydrogens is 438 g/mol. The number of aryl methyl sites for hydroxylation is 1. The lowest BCUT2D eigenvalue weighted by Crippen LogP contribution is -2.23. The molecule has 0 unspecified atom stereocenters. The van der Waals surface area contributed by atoms with E-state index in [1.165, 1.54) is 11.8 Å². The second-order valence-electron chi connectivity index (χ2n) is 7.34. The number of nitrogens with one attached hydrogen (secondary N) is 1. The third-order valence-corrected chi connectivity index (χ3v) is 6.91. The summed E-state index contributed by atoms with van der Waals surface area (Å²) in [6.07, 6.45) is 1.99. The van der Waals surface area contributed by atoms with Gasteiger partial charge in [0.1, 0.15) is 0 Å². The Kier molecular flexibility index (Phi) is 6.67. The molecule has 7 heteroatoms. The summed E-state index contributed by atoms with van der Waals surface area (Å²) in [5, 5.41) is 3.98. The molecular formula is C25H23N3O2S2. The van der Waals surface area contributed by atoms with E-state index in [1.54, 1.807) is 22.4 Å². The van der Waals surface area contributed by atoms with Gasteiger partial charge in [0.25, 0.3) is 5.56 Å². The number of para-hydroxylation sites is 1. The minimum absolute atomic E-state index is 0.138. The van der Waals surface area contributed by atoms with Crippen LogP contribution in [0.25, 0.3) is 16.6 Å². The minimum Gasteiger partial charge on any atom is -0.325 e. The molecule has 0 aliphatic carbocycles. The molecule has 3 aromatic carbocycles. The van der Waals surface area contributed by atoms with Crippen LogP contribution < -0.4 is 10.9 Å². The second-order valence-corrected chi connectivity index (χ2v) is 9.16. The van der Waals surface area contributed by atoms with E-state index in [4.69, 9.17) is 4.98 Å². The first-order valence-electron chi connectivity index (χ1n) is 10.1. The van der Waals surface area contributed by atoms with Gasteiger partial charge in [-0.05, 0) is 67.6 Å². The smallest absolute Gasteiger partial charge is 0.266 e. The van der Waals surface area contributed by atoms with Crippen molar-refractivity contribution in [2.24, 2.45) is 0 Å². The van der Waals surface area contributed by atoms with Gasteiger partial charge in [0.05, 0.1) is 22.3 Å². The fraction of sp³-hybridized carbons (Fsp3) is 0.160. The molecule has 0 fully saturated rings. The van der Waals surface area contributed by atoms with E-state index in [0.29, 0.717) is 16.1 Å². The van der Waals surface area contributed by atoms with Crippen LogP contribution in [-0.2, 0) is 4.79 Å². The average molecular weight is 462 g/mol. The van der Waals surface area contributed by atoms with E-state index in [2.05, 4.69) is 5.32 Å². The molecule has 0 aliphatic rings. The Morgan fingerprint density at radius 2 is 1.81 bits per heavy atom. The van der Waals surface area contributed by atoms with Crippen LogP contribution in [0.2, 0.25) is 0 Å². The van der Waals surface area contributed by atoms with Gasteiger partial charge in [0, 0.05) is 10.6 Å². The molecule has 0 bridgehead atoms. The number of amides is 1. The standard InChI is InChI=1S/C25H23N3O2S2/c1-16-8-6-13-22(17(16)2)28-24(30)20-11-4-5-12-21(20)27-25(28)32-15-23(29)26-18-9-7-10-19(14-18)31-3/h4-14H,15H2,1-3H3,(H,26,29). The number of carbonyl (C=O) groups is 1. The maximum absolute atomic E-state index is 13.4. The summed E-state index contributed by atoms with van der Waals surface area (Å²) in [6, 6.07) is 20.9. The fourth-order valence-corrected chi connectivity index (χ4v) is 4.69. The summed E-state index contributed by atoms with van der Waals surface area (Å²) in [7, 11) is 0. The number of benzene rings is 3. The largest absolute Gasteiger partial charge is 0.325 e. The van der Waals surface area contributed by atoms with Gasteiger partial charge in [-0.15, -0.1) is 11.8 Å². The molecule has 0 saturated carbocycles.